The van der Waals surface area contributed by atoms with E-state index in [4.69, 9.17) is 0 Å². The van der Waals surface area contributed by atoms with Gasteiger partial charge < -0.3 is 10.4 Å². The van der Waals surface area contributed by atoms with Gasteiger partial charge in [0.15, 0.2) is 0 Å². The van der Waals surface area contributed by atoms with E-state index in [1.165, 1.54) is 0 Å². The predicted molar refractivity (Wildman–Crippen MR) is 63.8 cm³/mol. The van der Waals surface area contributed by atoms with Gasteiger partial charge in [-0.3, -0.25) is 14.7 Å². The van der Waals surface area contributed by atoms with E-state index in [9.17, 15) is 9.90 Å². The van der Waals surface area contributed by atoms with Crippen LogP contribution in [0.2, 0.25) is 0 Å². The molecule has 0 radical (unpaired) electrons. The van der Waals surface area contributed by atoms with E-state index in [-0.39, 0.29) is 0 Å². The monoisotopic (exact) mass is 235 g/mol. The van der Waals surface area contributed by atoms with Crippen LogP contribution < -0.4 is 5.32 Å². The molecule has 0 saturated carbocycles. The van der Waals surface area contributed by atoms with E-state index in [0.717, 1.165) is 37.3 Å². The summed E-state index contributed by atoms with van der Waals surface area (Å²) in [5.74, 6) is -0.803. The molecule has 0 aromatic carbocycles. The van der Waals surface area contributed by atoms with Gasteiger partial charge in [-0.2, -0.15) is 0 Å². The molecule has 1 aromatic rings. The standard InChI is InChI=1S/C12H17N3O2/c1-9-2-3-14-8-10(9)11(12(16)17)15-6-4-13-5-7-15/h2-3,8,11,13H,4-7H2,1H3,(H,16,17). The first-order valence-corrected chi connectivity index (χ1v) is 5.78. The largest absolute Gasteiger partial charge is 0.480 e. The molecule has 1 aliphatic rings. The van der Waals surface area contributed by atoms with E-state index in [2.05, 4.69) is 10.3 Å². The van der Waals surface area contributed by atoms with Crippen LogP contribution in [-0.2, 0) is 4.79 Å². The number of rotatable bonds is 3. The molecule has 17 heavy (non-hydrogen) atoms. The number of nitrogens with one attached hydrogen (secondary N) is 1. The number of aromatic nitrogens is 1. The summed E-state index contributed by atoms with van der Waals surface area (Å²) in [6.45, 7) is 5.11. The summed E-state index contributed by atoms with van der Waals surface area (Å²) in [4.78, 5) is 17.5. The van der Waals surface area contributed by atoms with E-state index >= 15 is 0 Å². The van der Waals surface area contributed by atoms with E-state index in [0.29, 0.717) is 0 Å². The summed E-state index contributed by atoms with van der Waals surface area (Å²) in [5, 5.41) is 12.6. The lowest BCUT2D eigenvalue weighted by molar-refractivity contribution is -0.143. The van der Waals surface area contributed by atoms with Gasteiger partial charge in [-0.15, -0.1) is 0 Å². The van der Waals surface area contributed by atoms with Crippen molar-refractivity contribution in [1.29, 1.82) is 0 Å². The highest BCUT2D eigenvalue weighted by Gasteiger charge is 2.29. The second-order valence-corrected chi connectivity index (χ2v) is 4.26. The Balaban J connectivity index is 2.28. The van der Waals surface area contributed by atoms with Crippen molar-refractivity contribution in [1.82, 2.24) is 15.2 Å². The van der Waals surface area contributed by atoms with Crippen LogP contribution in [0.1, 0.15) is 17.2 Å². The van der Waals surface area contributed by atoms with Gasteiger partial charge in [-0.05, 0) is 18.6 Å². The van der Waals surface area contributed by atoms with Gasteiger partial charge in [0.05, 0.1) is 0 Å². The minimum absolute atomic E-state index is 0.578. The average Bonchev–Trinajstić information content (AvgIpc) is 2.33. The third-order valence-corrected chi connectivity index (χ3v) is 3.12. The summed E-state index contributed by atoms with van der Waals surface area (Å²) >= 11 is 0. The van der Waals surface area contributed by atoms with Crippen molar-refractivity contribution in [2.24, 2.45) is 0 Å². The van der Waals surface area contributed by atoms with Crippen molar-refractivity contribution in [2.75, 3.05) is 26.2 Å². The van der Waals surface area contributed by atoms with Crippen molar-refractivity contribution in [3.05, 3.63) is 29.6 Å². The number of carbonyl (C=O) groups is 1. The Labute approximate surface area is 100 Å². The highest BCUT2D eigenvalue weighted by molar-refractivity contribution is 5.76. The topological polar surface area (TPSA) is 65.5 Å². The maximum atomic E-state index is 11.5. The number of piperazine rings is 1. The van der Waals surface area contributed by atoms with Gasteiger partial charge >= 0.3 is 5.97 Å². The molecule has 92 valence electrons. The molecule has 2 heterocycles. The van der Waals surface area contributed by atoms with Gasteiger partial charge in [0.1, 0.15) is 6.04 Å². The summed E-state index contributed by atoms with van der Waals surface area (Å²) < 4.78 is 0. The summed E-state index contributed by atoms with van der Waals surface area (Å²) in [6, 6.07) is 1.28. The fourth-order valence-corrected chi connectivity index (χ4v) is 2.19. The molecule has 1 saturated heterocycles. The number of aryl methyl sites for hydroxylation is 1. The molecule has 5 nitrogen and oxygen atoms in total. The molecule has 5 heteroatoms. The lowest BCUT2D eigenvalue weighted by atomic mass is 10.0. The minimum atomic E-state index is -0.803. The number of hydrogen-bond donors (Lipinski definition) is 2. The number of carboxylic acid groups (broad SMARTS) is 1. The number of pyridine rings is 1. The number of hydrogen-bond acceptors (Lipinski definition) is 4. The number of carboxylic acids is 1. The first kappa shape index (κ1) is 12.0. The zero-order valence-corrected chi connectivity index (χ0v) is 9.89. The SMILES string of the molecule is Cc1ccncc1C(C(=O)O)N1CCNCC1. The molecule has 0 bridgehead atoms. The first-order chi connectivity index (χ1) is 8.20. The summed E-state index contributed by atoms with van der Waals surface area (Å²) in [7, 11) is 0. The Hall–Kier alpha value is -1.46. The first-order valence-electron chi connectivity index (χ1n) is 5.78. The summed E-state index contributed by atoms with van der Waals surface area (Å²) in [5.41, 5.74) is 1.77. The van der Waals surface area contributed by atoms with Crippen molar-refractivity contribution in [3.8, 4) is 0 Å². The molecular formula is C12H17N3O2. The van der Waals surface area contributed by atoms with Crippen LogP contribution in [0.5, 0.6) is 0 Å². The van der Waals surface area contributed by atoms with Gasteiger partial charge in [0, 0.05) is 44.1 Å². The quantitative estimate of drug-likeness (QED) is 0.795. The maximum absolute atomic E-state index is 11.5. The normalized spacial score (nSPS) is 18.9. The Kier molecular flexibility index (Phi) is 3.71. The average molecular weight is 235 g/mol. The number of nitrogens with zero attached hydrogens (tertiary/aromatic N) is 2. The maximum Gasteiger partial charge on any atom is 0.325 e. The molecule has 0 amide bonds. The van der Waals surface area contributed by atoms with Gasteiger partial charge in [-0.1, -0.05) is 0 Å². The zero-order chi connectivity index (χ0) is 12.3. The molecule has 1 unspecified atom stereocenters. The minimum Gasteiger partial charge on any atom is -0.480 e. The van der Waals surface area contributed by atoms with Crippen molar-refractivity contribution >= 4 is 5.97 Å². The van der Waals surface area contributed by atoms with Crippen LogP contribution in [0.3, 0.4) is 0 Å². The van der Waals surface area contributed by atoms with E-state index < -0.39 is 12.0 Å². The van der Waals surface area contributed by atoms with Crippen LogP contribution in [0.4, 0.5) is 0 Å². The van der Waals surface area contributed by atoms with Crippen molar-refractivity contribution < 1.29 is 9.90 Å². The number of aliphatic carboxylic acids is 1. The smallest absolute Gasteiger partial charge is 0.325 e. The lowest BCUT2D eigenvalue weighted by Gasteiger charge is -2.33. The van der Waals surface area contributed by atoms with Gasteiger partial charge in [-0.25, -0.2) is 0 Å². The second-order valence-electron chi connectivity index (χ2n) is 4.26. The third kappa shape index (κ3) is 2.62. The Morgan fingerprint density at radius 2 is 2.24 bits per heavy atom. The molecule has 1 aromatic heterocycles. The summed E-state index contributed by atoms with van der Waals surface area (Å²) in [6.07, 6.45) is 3.35. The Morgan fingerprint density at radius 1 is 1.53 bits per heavy atom. The molecule has 0 spiro atoms. The molecule has 2 rings (SSSR count). The fraction of sp³-hybridized carbons (Fsp3) is 0.500. The highest BCUT2D eigenvalue weighted by atomic mass is 16.4. The van der Waals surface area contributed by atoms with E-state index in [1.54, 1.807) is 12.4 Å². The highest BCUT2D eigenvalue weighted by Crippen LogP contribution is 2.23. The third-order valence-electron chi connectivity index (χ3n) is 3.12. The molecular weight excluding hydrogens is 218 g/mol. The second kappa shape index (κ2) is 5.25. The predicted octanol–water partition coefficient (Wildman–Crippen LogP) is 0.421. The zero-order valence-electron chi connectivity index (χ0n) is 9.89. The van der Waals surface area contributed by atoms with Crippen molar-refractivity contribution in [2.45, 2.75) is 13.0 Å². The van der Waals surface area contributed by atoms with Gasteiger partial charge in [0.2, 0.25) is 0 Å². The van der Waals surface area contributed by atoms with E-state index in [1.807, 2.05) is 17.9 Å². The molecule has 0 aliphatic carbocycles. The van der Waals surface area contributed by atoms with Gasteiger partial charge in [0.25, 0.3) is 0 Å². The molecule has 1 fully saturated rings. The van der Waals surface area contributed by atoms with Crippen molar-refractivity contribution in [3.63, 3.8) is 0 Å². The molecule has 2 N–H and O–H groups in total. The van der Waals surface area contributed by atoms with Crippen LogP contribution in [0, 0.1) is 6.92 Å². The molecule has 1 atom stereocenters. The van der Waals surface area contributed by atoms with Crippen LogP contribution >= 0.6 is 0 Å². The van der Waals surface area contributed by atoms with Crippen LogP contribution in [0.15, 0.2) is 18.5 Å². The Bertz CT molecular complexity index is 402. The molecule has 1 aliphatic heterocycles. The fourth-order valence-electron chi connectivity index (χ4n) is 2.19. The lowest BCUT2D eigenvalue weighted by Crippen LogP contribution is -2.47. The van der Waals surface area contributed by atoms with Crippen LogP contribution in [0.25, 0.3) is 0 Å². The Morgan fingerprint density at radius 3 is 2.82 bits per heavy atom. The van der Waals surface area contributed by atoms with Crippen LogP contribution in [-0.4, -0.2) is 47.1 Å².